The Kier molecular flexibility index (Phi) is 4.69. The van der Waals surface area contributed by atoms with E-state index in [-0.39, 0.29) is 11.3 Å². The molecule has 0 aromatic heterocycles. The second kappa shape index (κ2) is 6.31. The van der Waals surface area contributed by atoms with Crippen molar-refractivity contribution in [2.24, 2.45) is 0 Å². The average molecular weight is 302 g/mol. The van der Waals surface area contributed by atoms with Gasteiger partial charge in [0.2, 0.25) is 0 Å². The van der Waals surface area contributed by atoms with E-state index < -0.39 is 0 Å². The first-order valence-electron chi connectivity index (χ1n) is 6.97. The van der Waals surface area contributed by atoms with Crippen LogP contribution >= 0.6 is 11.6 Å². The maximum absolute atomic E-state index is 12.2. The minimum atomic E-state index is -0.103. The lowest BCUT2D eigenvalue weighted by molar-refractivity contribution is 0.102. The minimum Gasteiger partial charge on any atom is -0.322 e. The lowest BCUT2D eigenvalue weighted by atomic mass is 9.87. The number of benzene rings is 2. The molecule has 0 bridgehead atoms. The van der Waals surface area contributed by atoms with Gasteiger partial charge in [0.25, 0.3) is 5.91 Å². The summed E-state index contributed by atoms with van der Waals surface area (Å²) in [6.45, 7) is 6.46. The quantitative estimate of drug-likeness (QED) is 0.796. The molecule has 21 heavy (non-hydrogen) atoms. The van der Waals surface area contributed by atoms with Crippen LogP contribution in [0.15, 0.2) is 48.5 Å². The van der Waals surface area contributed by atoms with Crippen LogP contribution in [0.2, 0.25) is 0 Å². The molecule has 2 aromatic carbocycles. The lowest BCUT2D eigenvalue weighted by Crippen LogP contribution is -2.14. The van der Waals surface area contributed by atoms with Crippen LogP contribution < -0.4 is 5.32 Å². The van der Waals surface area contributed by atoms with Crippen molar-refractivity contribution in [3.8, 4) is 0 Å². The molecule has 2 nitrogen and oxygen atoms in total. The molecular weight excluding hydrogens is 282 g/mol. The number of rotatable bonds is 3. The summed E-state index contributed by atoms with van der Waals surface area (Å²) in [5, 5.41) is 2.89. The topological polar surface area (TPSA) is 29.1 Å². The summed E-state index contributed by atoms with van der Waals surface area (Å²) in [6.07, 6.45) is 0. The van der Waals surface area contributed by atoms with Gasteiger partial charge < -0.3 is 5.32 Å². The number of anilines is 1. The number of nitrogens with one attached hydrogen (secondary N) is 1. The third-order valence-corrected chi connectivity index (χ3v) is 3.69. The van der Waals surface area contributed by atoms with E-state index >= 15 is 0 Å². The Balaban J connectivity index is 2.09. The molecule has 0 atom stereocenters. The minimum absolute atomic E-state index is 0.0897. The second-order valence-electron chi connectivity index (χ2n) is 6.11. The Bertz CT molecular complexity index is 609. The summed E-state index contributed by atoms with van der Waals surface area (Å²) in [6, 6.07) is 15.3. The summed E-state index contributed by atoms with van der Waals surface area (Å²) in [5.41, 5.74) is 3.76. The number of hydrogen-bond acceptors (Lipinski definition) is 1. The molecule has 0 unspecified atom stereocenters. The number of halogens is 1. The molecule has 110 valence electrons. The van der Waals surface area contributed by atoms with Crippen molar-refractivity contribution in [1.82, 2.24) is 0 Å². The van der Waals surface area contributed by atoms with Crippen molar-refractivity contribution in [2.45, 2.75) is 32.1 Å². The highest BCUT2D eigenvalue weighted by Gasteiger charge is 2.14. The normalized spacial score (nSPS) is 11.2. The zero-order valence-corrected chi connectivity index (χ0v) is 13.4. The van der Waals surface area contributed by atoms with E-state index in [1.807, 2.05) is 48.5 Å². The van der Waals surface area contributed by atoms with E-state index in [0.29, 0.717) is 11.4 Å². The molecule has 2 aromatic rings. The molecule has 0 saturated carbocycles. The van der Waals surface area contributed by atoms with Gasteiger partial charge in [-0.15, -0.1) is 11.6 Å². The van der Waals surface area contributed by atoms with E-state index in [9.17, 15) is 4.79 Å². The Labute approximate surface area is 131 Å². The van der Waals surface area contributed by atoms with Gasteiger partial charge in [-0.05, 0) is 40.8 Å². The van der Waals surface area contributed by atoms with Crippen molar-refractivity contribution in [3.63, 3.8) is 0 Å². The van der Waals surface area contributed by atoms with E-state index in [0.717, 1.165) is 11.3 Å². The fourth-order valence-corrected chi connectivity index (χ4v) is 2.18. The number of hydrogen-bond donors (Lipinski definition) is 1. The molecule has 0 spiro atoms. The third kappa shape index (κ3) is 4.08. The highest BCUT2D eigenvalue weighted by molar-refractivity contribution is 6.17. The van der Waals surface area contributed by atoms with Gasteiger partial charge in [-0.25, -0.2) is 0 Å². The van der Waals surface area contributed by atoms with E-state index in [1.165, 1.54) is 5.56 Å². The highest BCUT2D eigenvalue weighted by atomic mass is 35.5. The van der Waals surface area contributed by atoms with Crippen LogP contribution in [0.1, 0.15) is 42.3 Å². The van der Waals surface area contributed by atoms with Gasteiger partial charge in [0.1, 0.15) is 0 Å². The number of carbonyl (C=O) groups excluding carboxylic acids is 1. The summed E-state index contributed by atoms with van der Waals surface area (Å²) >= 11 is 5.75. The van der Waals surface area contributed by atoms with Gasteiger partial charge in [0.05, 0.1) is 0 Å². The summed E-state index contributed by atoms with van der Waals surface area (Å²) < 4.78 is 0. The highest BCUT2D eigenvalue weighted by Crippen LogP contribution is 2.22. The Morgan fingerprint density at radius 2 is 1.57 bits per heavy atom. The maximum Gasteiger partial charge on any atom is 0.255 e. The predicted octanol–water partition coefficient (Wildman–Crippen LogP) is 4.98. The van der Waals surface area contributed by atoms with Gasteiger partial charge >= 0.3 is 0 Å². The Morgan fingerprint density at radius 1 is 1.00 bits per heavy atom. The van der Waals surface area contributed by atoms with E-state index in [4.69, 9.17) is 11.6 Å². The van der Waals surface area contributed by atoms with Crippen LogP contribution in [0, 0.1) is 0 Å². The molecule has 0 fully saturated rings. The van der Waals surface area contributed by atoms with Crippen molar-refractivity contribution >= 4 is 23.2 Å². The molecule has 1 N–H and O–H groups in total. The van der Waals surface area contributed by atoms with Crippen molar-refractivity contribution in [2.75, 3.05) is 5.32 Å². The molecule has 0 aliphatic rings. The molecular formula is C18H20ClNO. The maximum atomic E-state index is 12.2. The first-order valence-corrected chi connectivity index (χ1v) is 7.50. The largest absolute Gasteiger partial charge is 0.322 e. The SMILES string of the molecule is CC(C)(C)c1ccc(C(=O)Nc2ccc(CCl)cc2)cc1. The standard InChI is InChI=1S/C18H20ClNO/c1-18(2,3)15-8-6-14(7-9-15)17(21)20-16-10-4-13(12-19)5-11-16/h4-11H,12H2,1-3H3,(H,20,21). The molecule has 0 aliphatic carbocycles. The first kappa shape index (κ1) is 15.6. The predicted molar refractivity (Wildman–Crippen MR) is 89.1 cm³/mol. The molecule has 0 heterocycles. The third-order valence-electron chi connectivity index (χ3n) is 3.38. The second-order valence-corrected chi connectivity index (χ2v) is 6.38. The fraction of sp³-hybridized carbons (Fsp3) is 0.278. The summed E-state index contributed by atoms with van der Waals surface area (Å²) in [7, 11) is 0. The number of alkyl halides is 1. The monoisotopic (exact) mass is 301 g/mol. The summed E-state index contributed by atoms with van der Waals surface area (Å²) in [4.78, 5) is 12.2. The molecule has 0 radical (unpaired) electrons. The van der Waals surface area contributed by atoms with Crippen molar-refractivity contribution in [1.29, 1.82) is 0 Å². The Hall–Kier alpha value is -1.80. The average Bonchev–Trinajstić information content (AvgIpc) is 2.47. The zero-order valence-electron chi connectivity index (χ0n) is 12.6. The first-order chi connectivity index (χ1) is 9.90. The van der Waals surface area contributed by atoms with Gasteiger partial charge in [-0.3, -0.25) is 4.79 Å². The van der Waals surface area contributed by atoms with Crippen molar-refractivity contribution in [3.05, 3.63) is 65.2 Å². The Morgan fingerprint density at radius 3 is 2.05 bits per heavy atom. The molecule has 1 amide bonds. The fourth-order valence-electron chi connectivity index (χ4n) is 2.00. The smallest absolute Gasteiger partial charge is 0.255 e. The zero-order chi connectivity index (χ0) is 15.5. The van der Waals surface area contributed by atoms with Crippen LogP contribution in [0.4, 0.5) is 5.69 Å². The van der Waals surface area contributed by atoms with Crippen LogP contribution in [0.5, 0.6) is 0 Å². The van der Waals surface area contributed by atoms with Crippen LogP contribution in [-0.4, -0.2) is 5.91 Å². The molecule has 3 heteroatoms. The molecule has 2 rings (SSSR count). The molecule has 0 saturated heterocycles. The van der Waals surface area contributed by atoms with Gasteiger partial charge in [0, 0.05) is 17.1 Å². The number of carbonyl (C=O) groups is 1. The van der Waals surface area contributed by atoms with Crippen LogP contribution in [0.25, 0.3) is 0 Å². The van der Waals surface area contributed by atoms with Gasteiger partial charge in [-0.1, -0.05) is 45.0 Å². The van der Waals surface area contributed by atoms with E-state index in [2.05, 4.69) is 26.1 Å². The molecule has 0 aliphatic heterocycles. The van der Waals surface area contributed by atoms with Crippen LogP contribution in [0.3, 0.4) is 0 Å². The van der Waals surface area contributed by atoms with Crippen LogP contribution in [-0.2, 0) is 11.3 Å². The van der Waals surface area contributed by atoms with Gasteiger partial charge in [-0.2, -0.15) is 0 Å². The van der Waals surface area contributed by atoms with Gasteiger partial charge in [0.15, 0.2) is 0 Å². The lowest BCUT2D eigenvalue weighted by Gasteiger charge is -2.19. The van der Waals surface area contributed by atoms with E-state index in [1.54, 1.807) is 0 Å². The number of amides is 1. The summed E-state index contributed by atoms with van der Waals surface area (Å²) in [5.74, 6) is 0.372. The van der Waals surface area contributed by atoms with Crippen molar-refractivity contribution < 1.29 is 4.79 Å².